The van der Waals surface area contributed by atoms with Gasteiger partial charge in [-0.3, -0.25) is 9.78 Å². The van der Waals surface area contributed by atoms with E-state index >= 15 is 0 Å². The lowest BCUT2D eigenvalue weighted by Crippen LogP contribution is -2.26. The van der Waals surface area contributed by atoms with E-state index < -0.39 is 0 Å². The highest BCUT2D eigenvalue weighted by molar-refractivity contribution is 5.92. The van der Waals surface area contributed by atoms with Gasteiger partial charge in [0.15, 0.2) is 0 Å². The molecule has 0 saturated heterocycles. The molecule has 2 N–H and O–H groups in total. The molecule has 0 aliphatic carbocycles. The van der Waals surface area contributed by atoms with Crippen LogP contribution in [0.25, 0.3) is 0 Å². The minimum absolute atomic E-state index is 0.217. The first-order valence-electron chi connectivity index (χ1n) is 7.01. The summed E-state index contributed by atoms with van der Waals surface area (Å²) in [6.45, 7) is 1.77. The third-order valence-corrected chi connectivity index (χ3v) is 2.93. The van der Waals surface area contributed by atoms with Crippen molar-refractivity contribution in [3.63, 3.8) is 0 Å². The van der Waals surface area contributed by atoms with E-state index in [2.05, 4.69) is 25.6 Å². The first-order valence-corrected chi connectivity index (χ1v) is 7.01. The van der Waals surface area contributed by atoms with Crippen molar-refractivity contribution >= 4 is 11.7 Å². The summed E-state index contributed by atoms with van der Waals surface area (Å²) in [6.07, 6.45) is 5.60. The fraction of sp³-hybridized carbons (Fsp3) is 0.333. The molecule has 0 aromatic carbocycles. The maximum absolute atomic E-state index is 12.0. The Morgan fingerprint density at radius 1 is 1.27 bits per heavy atom. The number of hydrogen-bond acceptors (Lipinski definition) is 6. The standard InChI is InChI=1S/C15H19N5O2/c1-22-8-2-5-17-15(21)13-9-14(20-11-19-13)18-10-12-3-6-16-7-4-12/h3-4,6-7,9,11H,2,5,8,10H2,1H3,(H,17,21)(H,18,19,20). The average Bonchev–Trinajstić information content (AvgIpc) is 2.58. The van der Waals surface area contributed by atoms with Crippen LogP contribution in [0.1, 0.15) is 22.5 Å². The summed E-state index contributed by atoms with van der Waals surface area (Å²) in [5.41, 5.74) is 1.42. The van der Waals surface area contributed by atoms with Crippen LogP contribution in [-0.2, 0) is 11.3 Å². The zero-order chi connectivity index (χ0) is 15.6. The topological polar surface area (TPSA) is 89.0 Å². The molecule has 0 saturated carbocycles. The van der Waals surface area contributed by atoms with Crippen molar-refractivity contribution in [2.24, 2.45) is 0 Å². The van der Waals surface area contributed by atoms with Crippen molar-refractivity contribution in [3.8, 4) is 0 Å². The van der Waals surface area contributed by atoms with E-state index in [4.69, 9.17) is 4.74 Å². The number of ether oxygens (including phenoxy) is 1. The van der Waals surface area contributed by atoms with Crippen molar-refractivity contribution < 1.29 is 9.53 Å². The van der Waals surface area contributed by atoms with Gasteiger partial charge in [-0.05, 0) is 24.1 Å². The van der Waals surface area contributed by atoms with Gasteiger partial charge in [-0.15, -0.1) is 0 Å². The maximum Gasteiger partial charge on any atom is 0.270 e. The van der Waals surface area contributed by atoms with Gasteiger partial charge < -0.3 is 15.4 Å². The Morgan fingerprint density at radius 2 is 2.09 bits per heavy atom. The average molecular weight is 301 g/mol. The van der Waals surface area contributed by atoms with Gasteiger partial charge in [0.25, 0.3) is 5.91 Å². The van der Waals surface area contributed by atoms with Crippen LogP contribution in [0.4, 0.5) is 5.82 Å². The second kappa shape index (κ2) is 8.68. The van der Waals surface area contributed by atoms with Crippen LogP contribution < -0.4 is 10.6 Å². The number of nitrogens with zero attached hydrogens (tertiary/aromatic N) is 3. The predicted octanol–water partition coefficient (Wildman–Crippen LogP) is 1.25. The van der Waals surface area contributed by atoms with E-state index in [1.54, 1.807) is 25.6 Å². The fourth-order valence-electron chi connectivity index (χ4n) is 1.78. The molecule has 2 aromatic heterocycles. The predicted molar refractivity (Wildman–Crippen MR) is 82.4 cm³/mol. The van der Waals surface area contributed by atoms with E-state index in [0.717, 1.165) is 12.0 Å². The van der Waals surface area contributed by atoms with Crippen molar-refractivity contribution in [1.82, 2.24) is 20.3 Å². The normalized spacial score (nSPS) is 10.2. The van der Waals surface area contributed by atoms with Gasteiger partial charge >= 0.3 is 0 Å². The molecule has 0 bridgehead atoms. The van der Waals surface area contributed by atoms with Crippen LogP contribution in [-0.4, -0.2) is 41.1 Å². The van der Waals surface area contributed by atoms with E-state index in [9.17, 15) is 4.79 Å². The number of anilines is 1. The number of hydrogen-bond donors (Lipinski definition) is 2. The van der Waals surface area contributed by atoms with Crippen molar-refractivity contribution in [2.45, 2.75) is 13.0 Å². The SMILES string of the molecule is COCCCNC(=O)c1cc(NCc2ccncc2)ncn1. The zero-order valence-electron chi connectivity index (χ0n) is 12.5. The molecule has 0 fully saturated rings. The number of carbonyl (C=O) groups excluding carboxylic acids is 1. The molecule has 0 atom stereocenters. The van der Waals surface area contributed by atoms with Gasteiger partial charge in [0.2, 0.25) is 0 Å². The minimum atomic E-state index is -0.217. The molecular formula is C15H19N5O2. The molecule has 7 nitrogen and oxygen atoms in total. The first-order chi connectivity index (χ1) is 10.8. The second-order valence-electron chi connectivity index (χ2n) is 4.60. The zero-order valence-corrected chi connectivity index (χ0v) is 12.5. The van der Waals surface area contributed by atoms with Gasteiger partial charge in [-0.25, -0.2) is 9.97 Å². The van der Waals surface area contributed by atoms with Crippen LogP contribution in [0.2, 0.25) is 0 Å². The highest BCUT2D eigenvalue weighted by Gasteiger charge is 2.08. The lowest BCUT2D eigenvalue weighted by Gasteiger charge is -2.07. The number of pyridine rings is 1. The summed E-state index contributed by atoms with van der Waals surface area (Å²) < 4.78 is 4.93. The van der Waals surface area contributed by atoms with Gasteiger partial charge in [0.05, 0.1) is 0 Å². The lowest BCUT2D eigenvalue weighted by atomic mass is 10.2. The molecule has 2 aromatic rings. The van der Waals surface area contributed by atoms with Gasteiger partial charge in [-0.1, -0.05) is 0 Å². The number of carbonyl (C=O) groups is 1. The number of amides is 1. The number of rotatable bonds is 8. The number of methoxy groups -OCH3 is 1. The molecule has 0 radical (unpaired) electrons. The third kappa shape index (κ3) is 5.10. The molecular weight excluding hydrogens is 282 g/mol. The number of nitrogens with one attached hydrogen (secondary N) is 2. The Labute approximate surface area is 129 Å². The number of aromatic nitrogens is 3. The van der Waals surface area contributed by atoms with E-state index in [0.29, 0.717) is 31.2 Å². The van der Waals surface area contributed by atoms with E-state index in [-0.39, 0.29) is 5.91 Å². The molecule has 0 unspecified atom stereocenters. The molecule has 0 aliphatic heterocycles. The van der Waals surface area contributed by atoms with Gasteiger partial charge in [0, 0.05) is 45.3 Å². The first kappa shape index (κ1) is 15.8. The van der Waals surface area contributed by atoms with Crippen molar-refractivity contribution in [3.05, 3.63) is 48.2 Å². The van der Waals surface area contributed by atoms with Crippen LogP contribution >= 0.6 is 0 Å². The van der Waals surface area contributed by atoms with Crippen LogP contribution in [0.5, 0.6) is 0 Å². The lowest BCUT2D eigenvalue weighted by molar-refractivity contribution is 0.0943. The van der Waals surface area contributed by atoms with Crippen molar-refractivity contribution in [1.29, 1.82) is 0 Å². The Morgan fingerprint density at radius 3 is 2.86 bits per heavy atom. The Balaban J connectivity index is 1.87. The molecule has 7 heteroatoms. The van der Waals surface area contributed by atoms with Crippen LogP contribution in [0, 0.1) is 0 Å². The molecule has 0 aliphatic rings. The summed E-state index contributed by atoms with van der Waals surface area (Å²) in [6, 6.07) is 5.46. The Hall–Kier alpha value is -2.54. The Kier molecular flexibility index (Phi) is 6.25. The van der Waals surface area contributed by atoms with Crippen molar-refractivity contribution in [2.75, 3.05) is 25.6 Å². The molecule has 2 rings (SSSR count). The van der Waals surface area contributed by atoms with E-state index in [1.807, 2.05) is 12.1 Å². The Bertz CT molecular complexity index is 591. The summed E-state index contributed by atoms with van der Waals surface area (Å²) in [5.74, 6) is 0.388. The third-order valence-electron chi connectivity index (χ3n) is 2.93. The molecule has 22 heavy (non-hydrogen) atoms. The van der Waals surface area contributed by atoms with E-state index in [1.165, 1.54) is 6.33 Å². The van der Waals surface area contributed by atoms with Crippen LogP contribution in [0.15, 0.2) is 36.9 Å². The van der Waals surface area contributed by atoms with Gasteiger partial charge in [-0.2, -0.15) is 0 Å². The molecule has 1 amide bonds. The molecule has 0 spiro atoms. The summed E-state index contributed by atoms with van der Waals surface area (Å²) >= 11 is 0. The monoisotopic (exact) mass is 301 g/mol. The minimum Gasteiger partial charge on any atom is -0.385 e. The highest BCUT2D eigenvalue weighted by atomic mass is 16.5. The highest BCUT2D eigenvalue weighted by Crippen LogP contribution is 2.06. The fourth-order valence-corrected chi connectivity index (χ4v) is 1.78. The maximum atomic E-state index is 12.0. The smallest absolute Gasteiger partial charge is 0.270 e. The quantitative estimate of drug-likeness (QED) is 0.713. The van der Waals surface area contributed by atoms with Gasteiger partial charge in [0.1, 0.15) is 17.8 Å². The summed E-state index contributed by atoms with van der Waals surface area (Å²) in [4.78, 5) is 24.0. The summed E-state index contributed by atoms with van der Waals surface area (Å²) in [5, 5.41) is 5.94. The second-order valence-corrected chi connectivity index (χ2v) is 4.60. The van der Waals surface area contributed by atoms with Crippen LogP contribution in [0.3, 0.4) is 0 Å². The largest absolute Gasteiger partial charge is 0.385 e. The summed E-state index contributed by atoms with van der Waals surface area (Å²) in [7, 11) is 1.63. The molecule has 116 valence electrons. The molecule has 2 heterocycles.